The summed E-state index contributed by atoms with van der Waals surface area (Å²) in [5.41, 5.74) is 3.09. The van der Waals surface area contributed by atoms with E-state index in [1.54, 1.807) is 61.5 Å². The van der Waals surface area contributed by atoms with Crippen LogP contribution in [0.25, 0.3) is 11.6 Å². The number of anilines is 2. The van der Waals surface area contributed by atoms with Gasteiger partial charge in [-0.1, -0.05) is 49.0 Å². The Balaban J connectivity index is 0.000000512. The number of unbranched alkanes of at least 4 members (excludes halogenated alkanes) is 2. The van der Waals surface area contributed by atoms with Crippen LogP contribution in [0.2, 0.25) is 0 Å². The first-order valence-electron chi connectivity index (χ1n) is 21.9. The molecule has 342 valence electrons. The average Bonchev–Trinajstić information content (AvgIpc) is 3.88. The number of piperazine rings is 1. The van der Waals surface area contributed by atoms with Gasteiger partial charge in [-0.05, 0) is 104 Å². The van der Waals surface area contributed by atoms with Crippen molar-refractivity contribution in [1.29, 1.82) is 0 Å². The Kier molecular flexibility index (Phi) is 18.9. The Morgan fingerprint density at radius 2 is 1.86 bits per heavy atom. The summed E-state index contributed by atoms with van der Waals surface area (Å²) in [6.45, 7) is 13.6. The van der Waals surface area contributed by atoms with E-state index in [4.69, 9.17) is 21.1 Å². The molecule has 4 aliphatic heterocycles. The fourth-order valence-corrected chi connectivity index (χ4v) is 10.6. The SMILES string of the molecule is Cc1cc2c(cc1OCCCCCC(=O)N1CC(CCl)=c3c1cc(OC(=O)N1CCN(C)CC1)c1c3=CC=CC1)N([C-]=O)C(O)[C@]1(C)CCCN1C2=O.[CH2-]C(C)SSc1ccccn1.[Cs+]. The predicted octanol–water partition coefficient (Wildman–Crippen LogP) is 3.26. The molecule has 0 bridgehead atoms. The molecule has 5 aliphatic rings. The molecule has 8 rings (SSSR count). The maximum atomic E-state index is 13.7. The van der Waals surface area contributed by atoms with Crippen molar-refractivity contribution in [3.05, 3.63) is 88.8 Å². The Morgan fingerprint density at radius 1 is 1.09 bits per heavy atom. The number of hydrogen-bond donors (Lipinski definition) is 1. The van der Waals surface area contributed by atoms with Crippen LogP contribution in [0, 0.1) is 13.8 Å². The number of pyridine rings is 1. The molecule has 5 heterocycles. The number of halogens is 1. The van der Waals surface area contributed by atoms with E-state index in [9.17, 15) is 24.3 Å². The van der Waals surface area contributed by atoms with Crippen molar-refractivity contribution in [2.75, 3.05) is 68.6 Å². The van der Waals surface area contributed by atoms with Gasteiger partial charge in [0, 0.05) is 74.6 Å². The van der Waals surface area contributed by atoms with Crippen molar-refractivity contribution in [2.24, 2.45) is 0 Å². The van der Waals surface area contributed by atoms with E-state index in [1.165, 1.54) is 0 Å². The zero-order chi connectivity index (χ0) is 45.5. The van der Waals surface area contributed by atoms with Gasteiger partial charge in [-0.2, -0.15) is 0 Å². The normalized spacial score (nSPS) is 20.3. The van der Waals surface area contributed by atoms with Gasteiger partial charge in [0.25, 0.3) is 0 Å². The molecule has 2 fully saturated rings. The van der Waals surface area contributed by atoms with Gasteiger partial charge in [0.1, 0.15) is 22.8 Å². The average molecular weight is 1060 g/mol. The summed E-state index contributed by atoms with van der Waals surface area (Å²) >= 11 is 6.45. The van der Waals surface area contributed by atoms with Crippen LogP contribution < -0.4 is 98.6 Å². The quantitative estimate of drug-likeness (QED) is 0.117. The number of allylic oxidation sites excluding steroid dienone is 2. The number of ether oxygens (including phenoxy) is 2. The van der Waals surface area contributed by atoms with Crippen molar-refractivity contribution >= 4 is 80.5 Å². The summed E-state index contributed by atoms with van der Waals surface area (Å²) in [7, 11) is 5.43. The number of carbonyl (C=O) groups excluding carboxylic acids is 4. The Hall–Kier alpha value is -2.49. The van der Waals surface area contributed by atoms with Gasteiger partial charge in [-0.25, -0.2) is 9.78 Å². The molecule has 3 aromatic rings. The number of hydrogen-bond acceptors (Lipinski definition) is 11. The Morgan fingerprint density at radius 3 is 2.57 bits per heavy atom. The number of likely N-dealkylation sites (N-methyl/N-ethyl adjacent to an activating group) is 1. The van der Waals surface area contributed by atoms with Crippen LogP contribution >= 0.6 is 33.2 Å². The molecule has 13 nitrogen and oxygen atoms in total. The van der Waals surface area contributed by atoms with E-state index in [-0.39, 0.29) is 98.4 Å². The minimum atomic E-state index is -1.23. The number of aryl methyl sites for hydroxylation is 1. The van der Waals surface area contributed by atoms with Gasteiger partial charge in [0.2, 0.25) is 11.8 Å². The molecule has 2 aromatic carbocycles. The number of fused-ring (bicyclic) bond motifs is 5. The first kappa shape index (κ1) is 51.9. The van der Waals surface area contributed by atoms with Crippen molar-refractivity contribution in [2.45, 2.75) is 87.8 Å². The van der Waals surface area contributed by atoms with Gasteiger partial charge in [-0.15, -0.1) is 27.6 Å². The zero-order valence-corrected chi connectivity index (χ0v) is 46.7. The van der Waals surface area contributed by atoms with Crippen molar-refractivity contribution < 1.29 is 103 Å². The first-order valence-corrected chi connectivity index (χ1v) is 24.7. The second-order valence-electron chi connectivity index (χ2n) is 17.0. The maximum Gasteiger partial charge on any atom is 1.00 e. The molecule has 65 heavy (non-hydrogen) atoms. The fraction of sp³-hybridized carbons (Fsp3) is 0.458. The molecular formula is C48H57ClCsN6O7S2-. The van der Waals surface area contributed by atoms with E-state index in [0.29, 0.717) is 87.2 Å². The summed E-state index contributed by atoms with van der Waals surface area (Å²) < 4.78 is 12.2. The van der Waals surface area contributed by atoms with Gasteiger partial charge in [0.05, 0.1) is 24.2 Å². The molecule has 17 heteroatoms. The molecule has 4 amide bonds. The number of carbonyl (C=O) groups is 3. The third-order valence-corrected chi connectivity index (χ3v) is 15.3. The number of nitrogens with zero attached hydrogens (tertiary/aromatic N) is 6. The first-order chi connectivity index (χ1) is 30.8. The predicted molar refractivity (Wildman–Crippen MR) is 255 cm³/mol. The Bertz CT molecular complexity index is 2380. The number of alkyl halides is 1. The van der Waals surface area contributed by atoms with E-state index in [0.717, 1.165) is 68.7 Å². The smallest absolute Gasteiger partial charge is 0.495 e. The van der Waals surface area contributed by atoms with Crippen LogP contribution in [-0.4, -0.2) is 125 Å². The number of rotatable bonds is 13. The van der Waals surface area contributed by atoms with Crippen LogP contribution in [0.4, 0.5) is 16.2 Å². The minimum Gasteiger partial charge on any atom is -0.495 e. The monoisotopic (exact) mass is 1060 g/mol. The number of amides is 4. The maximum absolute atomic E-state index is 13.7. The molecule has 0 saturated carbocycles. The molecule has 2 saturated heterocycles. The van der Waals surface area contributed by atoms with Crippen LogP contribution in [0.3, 0.4) is 0 Å². The fourth-order valence-electron chi connectivity index (χ4n) is 8.80. The zero-order valence-electron chi connectivity index (χ0n) is 38.0. The molecule has 1 aliphatic carbocycles. The van der Waals surface area contributed by atoms with Crippen LogP contribution in [-0.2, 0) is 16.0 Å². The Labute approximate surface area is 454 Å². The van der Waals surface area contributed by atoms with Crippen LogP contribution in [0.1, 0.15) is 73.9 Å². The number of aromatic nitrogens is 1. The summed E-state index contributed by atoms with van der Waals surface area (Å²) in [5.74, 6) is 1.03. The summed E-state index contributed by atoms with van der Waals surface area (Å²) in [5, 5.41) is 14.6. The second-order valence-corrected chi connectivity index (χ2v) is 20.0. The number of aliphatic hydroxyl groups excluding tert-OH is 1. The van der Waals surface area contributed by atoms with E-state index >= 15 is 0 Å². The van der Waals surface area contributed by atoms with E-state index in [1.807, 2.05) is 62.9 Å². The summed E-state index contributed by atoms with van der Waals surface area (Å²) in [4.78, 5) is 65.2. The molecule has 0 spiro atoms. The third-order valence-electron chi connectivity index (χ3n) is 12.4. The van der Waals surface area contributed by atoms with Crippen LogP contribution in [0.5, 0.6) is 11.5 Å². The number of benzene rings is 2. The van der Waals surface area contributed by atoms with Crippen molar-refractivity contribution in [1.82, 2.24) is 19.7 Å². The molecule has 0 radical (unpaired) electrons. The van der Waals surface area contributed by atoms with Gasteiger partial charge in [-0.3, -0.25) is 9.59 Å². The van der Waals surface area contributed by atoms with Gasteiger partial charge in [0.15, 0.2) is 0 Å². The molecule has 1 aromatic heterocycles. The van der Waals surface area contributed by atoms with E-state index < -0.39 is 11.8 Å². The topological polar surface area (TPSA) is 136 Å². The van der Waals surface area contributed by atoms with Crippen LogP contribution in [0.15, 0.2) is 59.8 Å². The summed E-state index contributed by atoms with van der Waals surface area (Å²) in [6, 6.07) is 11.1. The largest absolute Gasteiger partial charge is 1.00 e. The molecule has 3 atom stereocenters. The van der Waals surface area contributed by atoms with Crippen molar-refractivity contribution in [3.8, 4) is 11.5 Å². The number of aliphatic hydroxyl groups is 1. The van der Waals surface area contributed by atoms with Gasteiger partial charge < -0.3 is 50.8 Å². The molecule has 2 unspecified atom stereocenters. The standard InChI is InChI=1S/C40H47ClN5O7.C8H10NS2.Cs/c1-26-20-30-31(45(25-47)38(50)40(2)13-9-14-46(40)37(30)49)21-33(26)52-19-8-4-5-12-35(48)44-24-27(23-41)36-29-11-7-6-10-28(29)34(22-32(36)44)53-39(51)43-17-15-42(3)16-18-43;1-7(2)10-11-8-5-3-4-6-9-8;/h6-7,11,20-22,38,50H,4-5,8-10,12-19,23-24H2,1-3H3;3-7H,1H2,2H3;/q2*-1;+1/t38?,40-;;/m0../s1. The minimum absolute atomic E-state index is 0. The summed E-state index contributed by atoms with van der Waals surface area (Å²) in [6.07, 6.45) is 12.4. The third kappa shape index (κ3) is 11.9. The molecule has 1 N–H and O–H groups in total. The van der Waals surface area contributed by atoms with E-state index in [2.05, 4.69) is 23.7 Å². The van der Waals surface area contributed by atoms with Gasteiger partial charge >= 0.3 is 75.0 Å². The molecular weight excluding hydrogens is 1010 g/mol. The second kappa shape index (κ2) is 23.7. The van der Waals surface area contributed by atoms with Crippen molar-refractivity contribution in [3.63, 3.8) is 0 Å².